The maximum atomic E-state index is 12.5. The SMILES string of the molecule is CCOC(=O)c1c(NC(=O)COC(=O)CN2C(=O)NC(C)(C)C2=O)sc2c1CC[C@@H](C)C2. The second-order valence-corrected chi connectivity index (χ2v) is 9.54. The van der Waals surface area contributed by atoms with Crippen LogP contribution < -0.4 is 10.6 Å². The molecule has 1 atom stereocenters. The van der Waals surface area contributed by atoms with Gasteiger partial charge in [-0.15, -0.1) is 11.3 Å². The number of thiophene rings is 1. The fourth-order valence-corrected chi connectivity index (χ4v) is 5.12. The van der Waals surface area contributed by atoms with Crippen LogP contribution in [0.2, 0.25) is 0 Å². The molecule has 0 bridgehead atoms. The van der Waals surface area contributed by atoms with Crippen molar-refractivity contribution in [3.63, 3.8) is 0 Å². The molecule has 2 aliphatic rings. The highest BCUT2D eigenvalue weighted by molar-refractivity contribution is 7.17. The predicted molar refractivity (Wildman–Crippen MR) is 115 cm³/mol. The van der Waals surface area contributed by atoms with Crippen LogP contribution in [0.25, 0.3) is 0 Å². The molecule has 0 aromatic carbocycles. The van der Waals surface area contributed by atoms with Crippen molar-refractivity contribution in [2.45, 2.75) is 52.5 Å². The van der Waals surface area contributed by atoms with Crippen molar-refractivity contribution in [2.75, 3.05) is 25.1 Å². The maximum Gasteiger partial charge on any atom is 0.341 e. The number of carbonyl (C=O) groups is 5. The van der Waals surface area contributed by atoms with Crippen LogP contribution in [0.15, 0.2) is 0 Å². The monoisotopic (exact) mass is 465 g/mol. The van der Waals surface area contributed by atoms with Gasteiger partial charge in [0.05, 0.1) is 12.2 Å². The minimum Gasteiger partial charge on any atom is -0.462 e. The number of nitrogens with one attached hydrogen (secondary N) is 2. The first-order valence-corrected chi connectivity index (χ1v) is 11.3. The number of anilines is 1. The largest absolute Gasteiger partial charge is 0.462 e. The van der Waals surface area contributed by atoms with Crippen molar-refractivity contribution < 1.29 is 33.4 Å². The van der Waals surface area contributed by atoms with Crippen LogP contribution in [-0.2, 0) is 36.7 Å². The number of urea groups is 1. The van der Waals surface area contributed by atoms with Crippen LogP contribution in [0, 0.1) is 5.92 Å². The van der Waals surface area contributed by atoms with Crippen molar-refractivity contribution in [1.29, 1.82) is 0 Å². The lowest BCUT2D eigenvalue weighted by atomic mass is 9.88. The second-order valence-electron chi connectivity index (χ2n) is 8.43. The van der Waals surface area contributed by atoms with E-state index in [0.717, 1.165) is 34.6 Å². The molecule has 0 saturated carbocycles. The van der Waals surface area contributed by atoms with E-state index in [1.165, 1.54) is 25.2 Å². The van der Waals surface area contributed by atoms with Gasteiger partial charge in [-0.1, -0.05) is 6.92 Å². The summed E-state index contributed by atoms with van der Waals surface area (Å²) in [6.07, 6.45) is 2.49. The summed E-state index contributed by atoms with van der Waals surface area (Å²) in [5.41, 5.74) is 0.161. The van der Waals surface area contributed by atoms with Crippen molar-refractivity contribution in [1.82, 2.24) is 10.2 Å². The van der Waals surface area contributed by atoms with Gasteiger partial charge in [0.2, 0.25) is 0 Å². The van der Waals surface area contributed by atoms with Crippen molar-refractivity contribution in [3.8, 4) is 0 Å². The van der Waals surface area contributed by atoms with E-state index in [9.17, 15) is 24.0 Å². The molecule has 1 aliphatic heterocycles. The summed E-state index contributed by atoms with van der Waals surface area (Å²) in [5.74, 6) is -2.09. The third kappa shape index (κ3) is 4.93. The summed E-state index contributed by atoms with van der Waals surface area (Å²) >= 11 is 1.33. The van der Waals surface area contributed by atoms with E-state index in [4.69, 9.17) is 9.47 Å². The highest BCUT2D eigenvalue weighted by atomic mass is 32.1. The molecule has 1 fully saturated rings. The van der Waals surface area contributed by atoms with Crippen LogP contribution in [0.4, 0.5) is 9.80 Å². The summed E-state index contributed by atoms with van der Waals surface area (Å²) in [6.45, 7) is 5.89. The van der Waals surface area contributed by atoms with Crippen LogP contribution in [0.1, 0.15) is 54.9 Å². The van der Waals surface area contributed by atoms with E-state index in [-0.39, 0.29) is 6.61 Å². The first kappa shape index (κ1) is 23.7. The third-order valence-corrected chi connectivity index (χ3v) is 6.51. The lowest BCUT2D eigenvalue weighted by Crippen LogP contribution is -2.41. The number of imide groups is 1. The molecule has 0 radical (unpaired) electrons. The zero-order chi connectivity index (χ0) is 23.6. The van der Waals surface area contributed by atoms with Gasteiger partial charge in [-0.05, 0) is 51.5 Å². The van der Waals surface area contributed by atoms with E-state index < -0.39 is 48.5 Å². The van der Waals surface area contributed by atoms with Gasteiger partial charge in [0, 0.05) is 4.88 Å². The number of hydrogen-bond acceptors (Lipinski definition) is 8. The van der Waals surface area contributed by atoms with Crippen molar-refractivity contribution in [3.05, 3.63) is 16.0 Å². The molecule has 11 heteroatoms. The van der Waals surface area contributed by atoms with Crippen LogP contribution in [0.3, 0.4) is 0 Å². The Morgan fingerprint density at radius 3 is 2.59 bits per heavy atom. The molecular weight excluding hydrogens is 438 g/mol. The number of nitrogens with zero attached hydrogens (tertiary/aromatic N) is 1. The molecule has 4 amide bonds. The van der Waals surface area contributed by atoms with Crippen molar-refractivity contribution in [2.24, 2.45) is 5.92 Å². The number of ether oxygens (including phenoxy) is 2. The quantitative estimate of drug-likeness (QED) is 0.464. The summed E-state index contributed by atoms with van der Waals surface area (Å²) in [4.78, 5) is 62.8. The molecule has 3 rings (SSSR count). The Labute approximate surface area is 189 Å². The van der Waals surface area contributed by atoms with Crippen molar-refractivity contribution >= 4 is 46.1 Å². The molecule has 2 heterocycles. The van der Waals surface area contributed by atoms with Gasteiger partial charge >= 0.3 is 18.0 Å². The first-order valence-electron chi connectivity index (χ1n) is 10.4. The zero-order valence-corrected chi connectivity index (χ0v) is 19.3. The van der Waals surface area contributed by atoms with E-state index in [1.54, 1.807) is 6.92 Å². The molecule has 2 N–H and O–H groups in total. The highest BCUT2D eigenvalue weighted by Crippen LogP contribution is 2.40. The Balaban J connectivity index is 1.62. The summed E-state index contributed by atoms with van der Waals surface area (Å²) < 4.78 is 10.1. The molecule has 0 unspecified atom stereocenters. The Hall–Kier alpha value is -2.95. The van der Waals surface area contributed by atoms with Gasteiger partial charge in [0.25, 0.3) is 11.8 Å². The summed E-state index contributed by atoms with van der Waals surface area (Å²) in [6, 6.07) is -0.695. The topological polar surface area (TPSA) is 131 Å². The molecular formula is C21H27N3O7S. The van der Waals surface area contributed by atoms with E-state index >= 15 is 0 Å². The molecule has 10 nitrogen and oxygen atoms in total. The van der Waals surface area contributed by atoms with Gasteiger partial charge in [-0.2, -0.15) is 0 Å². The lowest BCUT2D eigenvalue weighted by molar-refractivity contribution is -0.150. The average molecular weight is 466 g/mol. The van der Waals surface area contributed by atoms with Gasteiger partial charge in [-0.3, -0.25) is 19.3 Å². The molecule has 32 heavy (non-hydrogen) atoms. The fourth-order valence-electron chi connectivity index (χ4n) is 3.70. The molecule has 1 aromatic rings. The minimum absolute atomic E-state index is 0.213. The summed E-state index contributed by atoms with van der Waals surface area (Å²) in [5, 5.41) is 5.48. The average Bonchev–Trinajstić information content (AvgIpc) is 3.14. The Bertz CT molecular complexity index is 969. The molecule has 0 spiro atoms. The van der Waals surface area contributed by atoms with Crippen LogP contribution in [-0.4, -0.2) is 60.0 Å². The number of rotatable bonds is 7. The zero-order valence-electron chi connectivity index (χ0n) is 18.5. The Morgan fingerprint density at radius 1 is 1.25 bits per heavy atom. The summed E-state index contributed by atoms with van der Waals surface area (Å²) in [7, 11) is 0. The third-order valence-electron chi connectivity index (χ3n) is 5.34. The smallest absolute Gasteiger partial charge is 0.341 e. The molecule has 1 aliphatic carbocycles. The second kappa shape index (κ2) is 9.27. The van der Waals surface area contributed by atoms with Gasteiger partial charge < -0.3 is 20.1 Å². The van der Waals surface area contributed by atoms with Crippen LogP contribution in [0.5, 0.6) is 0 Å². The van der Waals surface area contributed by atoms with Gasteiger partial charge in [0.1, 0.15) is 17.1 Å². The van der Waals surface area contributed by atoms with Crippen LogP contribution >= 0.6 is 11.3 Å². The number of amides is 4. The Kier molecular flexibility index (Phi) is 6.87. The first-order chi connectivity index (χ1) is 15.0. The number of esters is 2. The lowest BCUT2D eigenvalue weighted by Gasteiger charge is -2.18. The molecule has 1 saturated heterocycles. The molecule has 174 valence electrons. The van der Waals surface area contributed by atoms with E-state index in [0.29, 0.717) is 16.5 Å². The highest BCUT2D eigenvalue weighted by Gasteiger charge is 2.45. The number of carbonyl (C=O) groups excluding carboxylic acids is 5. The van der Waals surface area contributed by atoms with Gasteiger partial charge in [-0.25, -0.2) is 9.59 Å². The standard InChI is InChI=1S/C21H27N3O7S/c1-5-30-18(27)16-12-7-6-11(2)8-13(12)32-17(16)22-14(25)10-31-15(26)9-24-19(28)21(3,4)23-20(24)29/h11H,5-10H2,1-4H3,(H,22,25)(H,23,29)/t11-/m1/s1. The molecule has 1 aromatic heterocycles. The van der Waals surface area contributed by atoms with Gasteiger partial charge in [0.15, 0.2) is 6.61 Å². The fraction of sp³-hybridized carbons (Fsp3) is 0.571. The van der Waals surface area contributed by atoms with E-state index in [1.807, 2.05) is 0 Å². The minimum atomic E-state index is -1.10. The normalized spacial score (nSPS) is 19.2. The van der Waals surface area contributed by atoms with E-state index in [2.05, 4.69) is 17.6 Å². The Morgan fingerprint density at radius 2 is 1.97 bits per heavy atom. The number of fused-ring (bicyclic) bond motifs is 1. The maximum absolute atomic E-state index is 12.5. The predicted octanol–water partition coefficient (Wildman–Crippen LogP) is 1.86. The number of hydrogen-bond donors (Lipinski definition) is 2.